The molecular weight excluding hydrogens is 263 g/mol. The summed E-state index contributed by atoms with van der Waals surface area (Å²) in [6.07, 6.45) is -8.52. The van der Waals surface area contributed by atoms with E-state index in [1.165, 1.54) is 0 Å². The summed E-state index contributed by atoms with van der Waals surface area (Å²) in [5.74, 6) is -4.77. The fourth-order valence-corrected chi connectivity index (χ4v) is 0.873. The lowest BCUT2D eigenvalue weighted by atomic mass is 10.2. The monoisotopic (exact) mass is 278 g/mol. The standard InChI is InChI=1S/C10H15F5O3/c1-3-7(2)18-8(16)17-6-4-5-9(11,12)10(13,14)15/h7H,3-6H2,1-2H3/t7-/m1/s1. The Kier molecular flexibility index (Phi) is 6.34. The lowest BCUT2D eigenvalue weighted by Crippen LogP contribution is -2.36. The molecular formula is C10H15F5O3. The van der Waals surface area contributed by atoms with E-state index in [0.29, 0.717) is 6.42 Å². The largest absolute Gasteiger partial charge is 0.508 e. The number of halogens is 5. The molecule has 0 heterocycles. The SMILES string of the molecule is CC[C@@H](C)OC(=O)OCCCC(F)(F)C(F)(F)F. The van der Waals surface area contributed by atoms with E-state index in [9.17, 15) is 26.7 Å². The van der Waals surface area contributed by atoms with Crippen LogP contribution < -0.4 is 0 Å². The van der Waals surface area contributed by atoms with Gasteiger partial charge in [-0.25, -0.2) is 4.79 Å². The van der Waals surface area contributed by atoms with Gasteiger partial charge < -0.3 is 9.47 Å². The van der Waals surface area contributed by atoms with Gasteiger partial charge in [-0.15, -0.1) is 0 Å². The predicted octanol–water partition coefficient (Wildman–Crippen LogP) is 3.92. The van der Waals surface area contributed by atoms with Crippen molar-refractivity contribution < 1.29 is 36.2 Å². The molecule has 0 aromatic rings. The Morgan fingerprint density at radius 2 is 1.78 bits per heavy atom. The molecule has 0 saturated carbocycles. The van der Waals surface area contributed by atoms with Crippen LogP contribution in [0, 0.1) is 0 Å². The molecule has 1 atom stereocenters. The van der Waals surface area contributed by atoms with Crippen molar-refractivity contribution in [3.05, 3.63) is 0 Å². The third-order valence-electron chi connectivity index (χ3n) is 2.14. The number of alkyl halides is 5. The van der Waals surface area contributed by atoms with Gasteiger partial charge in [-0.1, -0.05) is 6.92 Å². The second kappa shape index (κ2) is 6.75. The minimum atomic E-state index is -5.58. The molecule has 0 fully saturated rings. The Morgan fingerprint density at radius 3 is 2.22 bits per heavy atom. The van der Waals surface area contributed by atoms with Gasteiger partial charge in [0.1, 0.15) is 6.10 Å². The number of ether oxygens (including phenoxy) is 2. The summed E-state index contributed by atoms with van der Waals surface area (Å²) in [5.41, 5.74) is 0. The van der Waals surface area contributed by atoms with Crippen molar-refractivity contribution in [1.29, 1.82) is 0 Å². The minimum Gasteiger partial charge on any atom is -0.434 e. The van der Waals surface area contributed by atoms with Gasteiger partial charge in [0.05, 0.1) is 6.61 Å². The van der Waals surface area contributed by atoms with Crippen molar-refractivity contribution >= 4 is 6.16 Å². The van der Waals surface area contributed by atoms with E-state index in [1.54, 1.807) is 13.8 Å². The third-order valence-corrected chi connectivity index (χ3v) is 2.14. The first kappa shape index (κ1) is 16.9. The molecule has 0 N–H and O–H groups in total. The van der Waals surface area contributed by atoms with Gasteiger partial charge in [-0.2, -0.15) is 22.0 Å². The molecule has 8 heteroatoms. The maximum atomic E-state index is 12.4. The van der Waals surface area contributed by atoms with Gasteiger partial charge in [0, 0.05) is 6.42 Å². The summed E-state index contributed by atoms with van der Waals surface area (Å²) in [4.78, 5) is 10.9. The van der Waals surface area contributed by atoms with Crippen LogP contribution in [-0.4, -0.2) is 31.0 Å². The molecule has 0 radical (unpaired) electrons. The molecule has 0 aliphatic rings. The molecule has 108 valence electrons. The van der Waals surface area contributed by atoms with Gasteiger partial charge in [0.2, 0.25) is 0 Å². The Balaban J connectivity index is 3.84. The van der Waals surface area contributed by atoms with Crippen LogP contribution in [-0.2, 0) is 9.47 Å². The number of carbonyl (C=O) groups is 1. The molecule has 0 amide bonds. The van der Waals surface area contributed by atoms with Gasteiger partial charge in [0.25, 0.3) is 0 Å². The first-order valence-corrected chi connectivity index (χ1v) is 5.38. The summed E-state index contributed by atoms with van der Waals surface area (Å²) < 4.78 is 69.1. The Bertz CT molecular complexity index is 265. The summed E-state index contributed by atoms with van der Waals surface area (Å²) in [7, 11) is 0. The third kappa shape index (κ3) is 6.02. The summed E-state index contributed by atoms with van der Waals surface area (Å²) in [5, 5.41) is 0. The van der Waals surface area contributed by atoms with Crippen molar-refractivity contribution in [3.63, 3.8) is 0 Å². The fraction of sp³-hybridized carbons (Fsp3) is 0.900. The van der Waals surface area contributed by atoms with Crippen LogP contribution >= 0.6 is 0 Å². The zero-order valence-electron chi connectivity index (χ0n) is 10.0. The van der Waals surface area contributed by atoms with Crippen LogP contribution in [0.25, 0.3) is 0 Å². The average molecular weight is 278 g/mol. The average Bonchev–Trinajstić information content (AvgIpc) is 2.22. The van der Waals surface area contributed by atoms with Gasteiger partial charge in [-0.05, 0) is 19.8 Å². The van der Waals surface area contributed by atoms with Crippen LogP contribution in [0.4, 0.5) is 26.7 Å². The van der Waals surface area contributed by atoms with Crippen molar-refractivity contribution in [2.24, 2.45) is 0 Å². The van der Waals surface area contributed by atoms with Crippen LogP contribution in [0.5, 0.6) is 0 Å². The van der Waals surface area contributed by atoms with E-state index >= 15 is 0 Å². The van der Waals surface area contributed by atoms with E-state index in [-0.39, 0.29) is 0 Å². The molecule has 0 saturated heterocycles. The van der Waals surface area contributed by atoms with Gasteiger partial charge >= 0.3 is 18.3 Å². The van der Waals surface area contributed by atoms with Crippen molar-refractivity contribution in [1.82, 2.24) is 0 Å². The van der Waals surface area contributed by atoms with E-state index < -0.39 is 43.8 Å². The van der Waals surface area contributed by atoms with Crippen molar-refractivity contribution in [3.8, 4) is 0 Å². The van der Waals surface area contributed by atoms with Gasteiger partial charge in [-0.3, -0.25) is 0 Å². The second-order valence-corrected chi connectivity index (χ2v) is 3.74. The zero-order chi connectivity index (χ0) is 14.4. The zero-order valence-corrected chi connectivity index (χ0v) is 10.0. The maximum absolute atomic E-state index is 12.4. The molecule has 0 aliphatic carbocycles. The van der Waals surface area contributed by atoms with Crippen LogP contribution in [0.3, 0.4) is 0 Å². The Hall–Kier alpha value is -1.08. The molecule has 0 aromatic heterocycles. The van der Waals surface area contributed by atoms with E-state index in [4.69, 9.17) is 0 Å². The van der Waals surface area contributed by atoms with Crippen LogP contribution in [0.1, 0.15) is 33.1 Å². The molecule has 18 heavy (non-hydrogen) atoms. The van der Waals surface area contributed by atoms with Crippen LogP contribution in [0.15, 0.2) is 0 Å². The number of hydrogen-bond donors (Lipinski definition) is 0. The van der Waals surface area contributed by atoms with E-state index in [0.717, 1.165) is 0 Å². The summed E-state index contributed by atoms with van der Waals surface area (Å²) >= 11 is 0. The summed E-state index contributed by atoms with van der Waals surface area (Å²) in [6, 6.07) is 0. The second-order valence-electron chi connectivity index (χ2n) is 3.74. The smallest absolute Gasteiger partial charge is 0.434 e. The fourth-order valence-electron chi connectivity index (χ4n) is 0.873. The number of carbonyl (C=O) groups excluding carboxylic acids is 1. The van der Waals surface area contributed by atoms with E-state index in [1.807, 2.05) is 0 Å². The quantitative estimate of drug-likeness (QED) is 0.419. The maximum Gasteiger partial charge on any atom is 0.508 e. The number of hydrogen-bond acceptors (Lipinski definition) is 3. The van der Waals surface area contributed by atoms with Crippen molar-refractivity contribution in [2.45, 2.75) is 51.3 Å². The molecule has 0 unspecified atom stereocenters. The molecule has 0 bridgehead atoms. The topological polar surface area (TPSA) is 35.5 Å². The Labute approximate surface area is 101 Å². The van der Waals surface area contributed by atoms with Crippen LogP contribution in [0.2, 0.25) is 0 Å². The highest BCUT2D eigenvalue weighted by atomic mass is 19.4. The molecule has 0 aliphatic heterocycles. The molecule has 3 nitrogen and oxygen atoms in total. The normalized spacial score (nSPS) is 14.2. The highest BCUT2D eigenvalue weighted by Crippen LogP contribution is 2.38. The lowest BCUT2D eigenvalue weighted by Gasteiger charge is -2.19. The number of rotatable bonds is 6. The molecule has 0 aromatic carbocycles. The molecule has 0 rings (SSSR count). The lowest BCUT2D eigenvalue weighted by molar-refractivity contribution is -0.284. The molecule has 0 spiro atoms. The minimum absolute atomic E-state index is 0.394. The highest BCUT2D eigenvalue weighted by molar-refractivity contribution is 5.59. The van der Waals surface area contributed by atoms with E-state index in [2.05, 4.69) is 9.47 Å². The first-order chi connectivity index (χ1) is 8.10. The Morgan fingerprint density at radius 1 is 1.22 bits per heavy atom. The van der Waals surface area contributed by atoms with Crippen molar-refractivity contribution in [2.75, 3.05) is 6.61 Å². The van der Waals surface area contributed by atoms with Gasteiger partial charge in [0.15, 0.2) is 0 Å². The first-order valence-electron chi connectivity index (χ1n) is 5.38. The predicted molar refractivity (Wildman–Crippen MR) is 52.4 cm³/mol. The highest BCUT2D eigenvalue weighted by Gasteiger charge is 2.56. The summed E-state index contributed by atoms with van der Waals surface area (Å²) in [6.45, 7) is 2.81.